The summed E-state index contributed by atoms with van der Waals surface area (Å²) in [7, 11) is 0. The molecule has 11 amide bonds. The Morgan fingerprint density at radius 3 is 0.763 bits per heavy atom. The summed E-state index contributed by atoms with van der Waals surface area (Å²) < 4.78 is 21.2. The van der Waals surface area contributed by atoms with Gasteiger partial charge in [-0.05, 0) is 159 Å². The van der Waals surface area contributed by atoms with E-state index < -0.39 is 130 Å². The average Bonchev–Trinajstić information content (AvgIpc) is 2.90. The number of nitrogens with one attached hydrogen (secondary N) is 11. The van der Waals surface area contributed by atoms with Crippen molar-refractivity contribution in [2.75, 3.05) is 26.2 Å². The van der Waals surface area contributed by atoms with Crippen molar-refractivity contribution in [2.24, 2.45) is 5.41 Å². The molecule has 0 aromatic heterocycles. The van der Waals surface area contributed by atoms with E-state index in [4.69, 9.17) is 44.6 Å². The molecule has 93 heavy (non-hydrogen) atoms. The van der Waals surface area contributed by atoms with E-state index in [0.29, 0.717) is 12.8 Å². The number of alkyl carbamates (subject to hydrolysis) is 4. The minimum atomic E-state index is -1.34. The Hall–Kier alpha value is -8.39. The molecule has 0 rings (SSSR count). The monoisotopic (exact) mass is 1310 g/mol. The minimum Gasteiger partial charge on any atom is -0.444 e. The molecule has 0 aliphatic heterocycles. The highest BCUT2D eigenvalue weighted by Crippen LogP contribution is 2.30. The molecule has 0 aliphatic rings. The maximum Gasteiger partial charge on any atom is 0.408 e. The van der Waals surface area contributed by atoms with Crippen LogP contribution in [0.2, 0.25) is 0 Å². The summed E-state index contributed by atoms with van der Waals surface area (Å²) in [5.41, 5.74) is -3.47. The summed E-state index contributed by atoms with van der Waals surface area (Å²) in [5.74, 6) is 4.80. The van der Waals surface area contributed by atoms with Gasteiger partial charge in [0.15, 0.2) is 0 Å². The van der Waals surface area contributed by atoms with Gasteiger partial charge in [0.1, 0.15) is 64.7 Å². The average molecular weight is 1310 g/mol. The van der Waals surface area contributed by atoms with Crippen LogP contribution in [0.3, 0.4) is 0 Å². The molecule has 0 heterocycles. The Morgan fingerprint density at radius 2 is 0.527 bits per heavy atom. The lowest BCUT2D eigenvalue weighted by Gasteiger charge is -2.27. The van der Waals surface area contributed by atoms with Crippen molar-refractivity contribution in [3.63, 3.8) is 0 Å². The molecule has 0 aromatic rings. The molecule has 7 unspecified atom stereocenters. The van der Waals surface area contributed by atoms with Crippen LogP contribution in [0.25, 0.3) is 0 Å². The van der Waals surface area contributed by atoms with Crippen LogP contribution in [0.1, 0.15) is 213 Å². The standard InChI is InChI=1S/C67H109N11O15/c1-20-33-45(75-59(86)90-63(7,8)9)52(79)68-41-29-26-37-49(72-56(83)47(35-22-3)77-61(88)92-65(13,14)15)54(81)70-43-30-27-38-50(55(82)71-44-32-40-67(19,24-5)25-6)73-58(85)51(74-57(84)48(36-23-4)78-62(89)93-66(16,17)18)39-28-31-42-69-53(80)46(34-21-2)76-60(87)91-64(10,11)12/h1-4,45-51H,24-44H2,5-19H3,(H,68,79)(H,69,80)(H,70,81)(H,71,82)(H,72,83)(H,73,85)(H,74,84)(H,75,86)(H,76,87)(H,77,88)(H,78,89). The number of hydrogen-bond acceptors (Lipinski definition) is 15. The van der Waals surface area contributed by atoms with Crippen LogP contribution in [-0.4, -0.2) is 157 Å². The van der Waals surface area contributed by atoms with E-state index >= 15 is 0 Å². The molecule has 26 heteroatoms. The smallest absolute Gasteiger partial charge is 0.408 e. The summed E-state index contributed by atoms with van der Waals surface area (Å²) in [6, 6.07) is -8.53. The van der Waals surface area contributed by atoms with Crippen molar-refractivity contribution >= 4 is 65.7 Å². The molecule has 0 saturated carbocycles. The fraction of sp³-hybridized carbons (Fsp3) is 0.716. The Morgan fingerprint density at radius 1 is 0.312 bits per heavy atom. The summed E-state index contributed by atoms with van der Waals surface area (Å²) in [4.78, 5) is 147. The molecule has 0 spiro atoms. The molecule has 26 nitrogen and oxygen atoms in total. The third kappa shape index (κ3) is 40.3. The lowest BCUT2D eigenvalue weighted by molar-refractivity contribution is -0.133. The van der Waals surface area contributed by atoms with Gasteiger partial charge in [0, 0.05) is 51.9 Å². The number of unbranched alkanes of at least 4 members (excludes halogenated alkanes) is 3. The molecule has 0 fully saturated rings. The number of amides is 11. The van der Waals surface area contributed by atoms with Gasteiger partial charge in [0.25, 0.3) is 0 Å². The van der Waals surface area contributed by atoms with Crippen molar-refractivity contribution in [1.82, 2.24) is 58.5 Å². The largest absolute Gasteiger partial charge is 0.444 e. The van der Waals surface area contributed by atoms with E-state index in [1.54, 1.807) is 83.1 Å². The molecule has 522 valence electrons. The summed E-state index contributed by atoms with van der Waals surface area (Å²) >= 11 is 0. The Balaban J connectivity index is 6.83. The highest BCUT2D eigenvalue weighted by atomic mass is 16.6. The van der Waals surface area contributed by atoms with Gasteiger partial charge >= 0.3 is 24.4 Å². The second-order valence-electron chi connectivity index (χ2n) is 26.9. The predicted molar refractivity (Wildman–Crippen MR) is 354 cm³/mol. The third-order valence-electron chi connectivity index (χ3n) is 13.8. The summed E-state index contributed by atoms with van der Waals surface area (Å²) in [6.45, 7) is 26.7. The number of carbonyl (C=O) groups excluding carboxylic acids is 11. The van der Waals surface area contributed by atoms with Crippen molar-refractivity contribution in [2.45, 2.75) is 278 Å². The van der Waals surface area contributed by atoms with Gasteiger partial charge < -0.3 is 77.4 Å². The first-order chi connectivity index (χ1) is 43.2. The first kappa shape index (κ1) is 84.6. The Labute approximate surface area is 552 Å². The molecule has 0 aromatic carbocycles. The Kier molecular flexibility index (Phi) is 38.8. The molecular formula is C67H109N11O15. The number of ether oxygens (including phenoxy) is 4. The summed E-state index contributed by atoms with van der Waals surface area (Å²) in [5, 5.41) is 29.3. The van der Waals surface area contributed by atoms with Gasteiger partial charge in [0.05, 0.1) is 0 Å². The topological polar surface area (TPSA) is 357 Å². The molecular weight excluding hydrogens is 1200 g/mol. The maximum absolute atomic E-state index is 14.5. The number of hydrogen-bond donors (Lipinski definition) is 11. The van der Waals surface area contributed by atoms with Gasteiger partial charge in [-0.15, -0.1) is 49.4 Å². The quantitative estimate of drug-likeness (QED) is 0.0200. The highest BCUT2D eigenvalue weighted by Gasteiger charge is 2.33. The minimum absolute atomic E-state index is 0.0261. The van der Waals surface area contributed by atoms with E-state index in [0.717, 1.165) is 19.3 Å². The summed E-state index contributed by atoms with van der Waals surface area (Å²) in [6.07, 6.45) is 22.8. The third-order valence-corrected chi connectivity index (χ3v) is 13.8. The van der Waals surface area contributed by atoms with Crippen LogP contribution in [0.5, 0.6) is 0 Å². The molecule has 0 aliphatic carbocycles. The van der Waals surface area contributed by atoms with Gasteiger partial charge in [-0.2, -0.15) is 0 Å². The first-order valence-electron chi connectivity index (χ1n) is 32.0. The first-order valence-corrected chi connectivity index (χ1v) is 32.0. The molecule has 11 N–H and O–H groups in total. The highest BCUT2D eigenvalue weighted by molar-refractivity contribution is 5.94. The van der Waals surface area contributed by atoms with Gasteiger partial charge in [0.2, 0.25) is 41.4 Å². The zero-order valence-corrected chi connectivity index (χ0v) is 57.8. The SMILES string of the molecule is C#CCC(NC(=O)OC(C)(C)C)C(=O)NCCCCC(NC(=O)C(CC#C)NC(=O)OC(C)(C)C)C(=O)NCCCCC(NC(=O)C(CCCCNC(=O)C(CC#C)NC(=O)OC(C)(C)C)NC(=O)C(CC#C)NC(=O)OC(C)(C)C)C(=O)NCCCC(C)(CC)CC. The van der Waals surface area contributed by atoms with E-state index in [2.05, 4.69) is 103 Å². The van der Waals surface area contributed by atoms with Crippen LogP contribution in [0.4, 0.5) is 19.2 Å². The van der Waals surface area contributed by atoms with Crippen molar-refractivity contribution in [3.05, 3.63) is 0 Å². The second-order valence-corrected chi connectivity index (χ2v) is 26.9. The zero-order chi connectivity index (χ0) is 71.2. The molecule has 0 saturated heterocycles. The van der Waals surface area contributed by atoms with Crippen LogP contribution in [-0.2, 0) is 52.5 Å². The number of carbonyl (C=O) groups is 11. The van der Waals surface area contributed by atoms with Crippen molar-refractivity contribution in [1.29, 1.82) is 0 Å². The van der Waals surface area contributed by atoms with Crippen LogP contribution in [0, 0.1) is 54.8 Å². The van der Waals surface area contributed by atoms with Crippen molar-refractivity contribution in [3.8, 4) is 49.4 Å². The van der Waals surface area contributed by atoms with Crippen LogP contribution < -0.4 is 58.5 Å². The number of rotatable bonds is 39. The van der Waals surface area contributed by atoms with Crippen LogP contribution in [0.15, 0.2) is 0 Å². The lowest BCUT2D eigenvalue weighted by Crippen LogP contribution is -2.57. The predicted octanol–water partition coefficient (Wildman–Crippen LogP) is 5.69. The van der Waals surface area contributed by atoms with Gasteiger partial charge in [-0.1, -0.05) is 33.6 Å². The normalized spacial score (nSPS) is 13.7. The second kappa shape index (κ2) is 42.7. The van der Waals surface area contributed by atoms with Crippen LogP contribution >= 0.6 is 0 Å². The fourth-order valence-corrected chi connectivity index (χ4v) is 8.61. The fourth-order valence-electron chi connectivity index (χ4n) is 8.61. The number of terminal acetylenes is 4. The maximum atomic E-state index is 14.5. The molecule has 0 bridgehead atoms. The Bertz CT molecular complexity index is 2620. The van der Waals surface area contributed by atoms with Gasteiger partial charge in [-0.25, -0.2) is 19.2 Å². The van der Waals surface area contributed by atoms with Gasteiger partial charge in [-0.3, -0.25) is 33.6 Å². The van der Waals surface area contributed by atoms with Crippen molar-refractivity contribution < 1.29 is 71.7 Å². The molecule has 0 radical (unpaired) electrons. The van der Waals surface area contributed by atoms with E-state index in [9.17, 15) is 52.7 Å². The molecule has 7 atom stereocenters. The van der Waals surface area contributed by atoms with E-state index in [1.807, 2.05) is 0 Å². The zero-order valence-electron chi connectivity index (χ0n) is 57.8. The lowest BCUT2D eigenvalue weighted by atomic mass is 9.80. The van der Waals surface area contributed by atoms with E-state index in [1.165, 1.54) is 0 Å². The van der Waals surface area contributed by atoms with E-state index in [-0.39, 0.29) is 109 Å².